The van der Waals surface area contributed by atoms with E-state index in [9.17, 15) is 8.78 Å². The zero-order chi connectivity index (χ0) is 11.5. The summed E-state index contributed by atoms with van der Waals surface area (Å²) < 4.78 is 27.1. The summed E-state index contributed by atoms with van der Waals surface area (Å²) in [5.74, 6) is -1.36. The highest BCUT2D eigenvalue weighted by molar-refractivity contribution is 5.62. The Balaban J connectivity index is 2.67. The average molecular weight is 216 g/mol. The van der Waals surface area contributed by atoms with Crippen molar-refractivity contribution >= 4 is 0 Å². The summed E-state index contributed by atoms with van der Waals surface area (Å²) in [4.78, 5) is 3.76. The SMILES string of the molecule is N#Cc1cccc(-c2ncccc2F)c1F. The van der Waals surface area contributed by atoms with E-state index in [0.717, 1.165) is 0 Å². The highest BCUT2D eigenvalue weighted by Gasteiger charge is 2.13. The molecule has 0 aliphatic heterocycles. The van der Waals surface area contributed by atoms with Crippen LogP contribution in [0.3, 0.4) is 0 Å². The lowest BCUT2D eigenvalue weighted by Crippen LogP contribution is -1.94. The van der Waals surface area contributed by atoms with E-state index in [1.165, 1.54) is 36.5 Å². The molecule has 1 aromatic carbocycles. The van der Waals surface area contributed by atoms with E-state index in [-0.39, 0.29) is 16.8 Å². The molecule has 0 N–H and O–H groups in total. The van der Waals surface area contributed by atoms with Crippen LogP contribution in [0.5, 0.6) is 0 Å². The third kappa shape index (κ3) is 1.63. The maximum Gasteiger partial charge on any atom is 0.150 e. The zero-order valence-electron chi connectivity index (χ0n) is 8.11. The van der Waals surface area contributed by atoms with Crippen LogP contribution in [0.2, 0.25) is 0 Å². The maximum absolute atomic E-state index is 13.7. The van der Waals surface area contributed by atoms with Gasteiger partial charge in [-0.1, -0.05) is 6.07 Å². The molecule has 0 unspecified atom stereocenters. The molecule has 0 amide bonds. The molecule has 78 valence electrons. The van der Waals surface area contributed by atoms with Gasteiger partial charge in [0.2, 0.25) is 0 Å². The third-order valence-electron chi connectivity index (χ3n) is 2.13. The first-order valence-electron chi connectivity index (χ1n) is 4.53. The van der Waals surface area contributed by atoms with Crippen LogP contribution in [0, 0.1) is 23.0 Å². The molecule has 0 aliphatic rings. The highest BCUT2D eigenvalue weighted by Crippen LogP contribution is 2.24. The van der Waals surface area contributed by atoms with Crippen molar-refractivity contribution in [2.24, 2.45) is 0 Å². The van der Waals surface area contributed by atoms with Crippen molar-refractivity contribution < 1.29 is 8.78 Å². The first-order chi connectivity index (χ1) is 7.74. The number of nitriles is 1. The Bertz CT molecular complexity index is 573. The number of aromatic nitrogens is 1. The number of pyridine rings is 1. The molecule has 0 radical (unpaired) electrons. The monoisotopic (exact) mass is 216 g/mol. The zero-order valence-corrected chi connectivity index (χ0v) is 8.11. The van der Waals surface area contributed by atoms with Gasteiger partial charge in [-0.2, -0.15) is 5.26 Å². The lowest BCUT2D eigenvalue weighted by Gasteiger charge is -2.04. The second-order valence-electron chi connectivity index (χ2n) is 3.11. The number of hydrogen-bond donors (Lipinski definition) is 0. The smallest absolute Gasteiger partial charge is 0.150 e. The molecule has 2 aromatic rings. The van der Waals surface area contributed by atoms with Crippen LogP contribution in [0.25, 0.3) is 11.3 Å². The molecule has 2 nitrogen and oxygen atoms in total. The van der Waals surface area contributed by atoms with Crippen molar-refractivity contribution in [2.45, 2.75) is 0 Å². The molecule has 16 heavy (non-hydrogen) atoms. The molecular formula is C12H6F2N2. The molecule has 1 heterocycles. The van der Waals surface area contributed by atoms with Crippen molar-refractivity contribution in [1.82, 2.24) is 4.98 Å². The van der Waals surface area contributed by atoms with Gasteiger partial charge < -0.3 is 0 Å². The maximum atomic E-state index is 13.7. The van der Waals surface area contributed by atoms with Gasteiger partial charge in [-0.25, -0.2) is 8.78 Å². The molecule has 0 fully saturated rings. The molecule has 2 rings (SSSR count). The summed E-state index contributed by atoms with van der Waals surface area (Å²) >= 11 is 0. The van der Waals surface area contributed by atoms with Gasteiger partial charge in [-0.15, -0.1) is 0 Å². The molecule has 0 saturated heterocycles. The standard InChI is InChI=1S/C12H6F2N2/c13-10-5-2-6-16-12(10)9-4-1-3-8(7-15)11(9)14/h1-6H. The van der Waals surface area contributed by atoms with E-state index in [1.54, 1.807) is 6.07 Å². The van der Waals surface area contributed by atoms with Gasteiger partial charge in [-0.3, -0.25) is 4.98 Å². The van der Waals surface area contributed by atoms with Gasteiger partial charge in [-0.05, 0) is 24.3 Å². The largest absolute Gasteiger partial charge is 0.253 e. The summed E-state index contributed by atoms with van der Waals surface area (Å²) in [6.45, 7) is 0. The van der Waals surface area contributed by atoms with Gasteiger partial charge in [0.15, 0.2) is 0 Å². The number of hydrogen-bond acceptors (Lipinski definition) is 2. The Kier molecular flexibility index (Phi) is 2.61. The molecule has 0 bridgehead atoms. The molecule has 1 aromatic heterocycles. The van der Waals surface area contributed by atoms with Gasteiger partial charge in [0.1, 0.15) is 23.4 Å². The van der Waals surface area contributed by atoms with Crippen molar-refractivity contribution in [1.29, 1.82) is 5.26 Å². The van der Waals surface area contributed by atoms with Gasteiger partial charge in [0.25, 0.3) is 0 Å². The summed E-state index contributed by atoms with van der Waals surface area (Å²) in [5.41, 5.74) is -0.211. The lowest BCUT2D eigenvalue weighted by atomic mass is 10.1. The summed E-state index contributed by atoms with van der Waals surface area (Å²) in [7, 11) is 0. The Morgan fingerprint density at radius 2 is 1.94 bits per heavy atom. The number of rotatable bonds is 1. The van der Waals surface area contributed by atoms with E-state index >= 15 is 0 Å². The van der Waals surface area contributed by atoms with Crippen molar-refractivity contribution in [3.05, 3.63) is 53.7 Å². The minimum absolute atomic E-state index is 0.00264. The van der Waals surface area contributed by atoms with Gasteiger partial charge >= 0.3 is 0 Å². The summed E-state index contributed by atoms with van der Waals surface area (Å²) in [6.07, 6.45) is 1.37. The molecule has 0 atom stereocenters. The predicted octanol–water partition coefficient (Wildman–Crippen LogP) is 2.90. The number of benzene rings is 1. The van der Waals surface area contributed by atoms with Crippen LogP contribution in [0.15, 0.2) is 36.5 Å². The van der Waals surface area contributed by atoms with E-state index in [4.69, 9.17) is 5.26 Å². The van der Waals surface area contributed by atoms with Crippen LogP contribution >= 0.6 is 0 Å². The minimum atomic E-state index is -0.748. The van der Waals surface area contributed by atoms with Crippen molar-refractivity contribution in [2.75, 3.05) is 0 Å². The molecule has 0 saturated carbocycles. The minimum Gasteiger partial charge on any atom is -0.253 e. The fourth-order valence-corrected chi connectivity index (χ4v) is 1.39. The Morgan fingerprint density at radius 1 is 1.12 bits per heavy atom. The van der Waals surface area contributed by atoms with Crippen LogP contribution in [0.1, 0.15) is 5.56 Å². The fourth-order valence-electron chi connectivity index (χ4n) is 1.39. The number of nitrogens with zero attached hydrogens (tertiary/aromatic N) is 2. The average Bonchev–Trinajstić information content (AvgIpc) is 2.31. The second-order valence-corrected chi connectivity index (χ2v) is 3.11. The van der Waals surface area contributed by atoms with E-state index < -0.39 is 11.6 Å². The van der Waals surface area contributed by atoms with E-state index in [0.29, 0.717) is 0 Å². The van der Waals surface area contributed by atoms with E-state index in [1.807, 2.05) is 0 Å². The molecule has 0 aliphatic carbocycles. The summed E-state index contributed by atoms with van der Waals surface area (Å²) in [6, 6.07) is 8.53. The van der Waals surface area contributed by atoms with Gasteiger partial charge in [0, 0.05) is 11.8 Å². The van der Waals surface area contributed by atoms with Crippen LogP contribution < -0.4 is 0 Å². The van der Waals surface area contributed by atoms with Gasteiger partial charge in [0.05, 0.1) is 5.56 Å². The molecule has 4 heteroatoms. The van der Waals surface area contributed by atoms with Crippen LogP contribution in [-0.4, -0.2) is 4.98 Å². The van der Waals surface area contributed by atoms with E-state index in [2.05, 4.69) is 4.98 Å². The van der Waals surface area contributed by atoms with Crippen LogP contribution in [-0.2, 0) is 0 Å². The predicted molar refractivity (Wildman–Crippen MR) is 54.3 cm³/mol. The first-order valence-corrected chi connectivity index (χ1v) is 4.53. The van der Waals surface area contributed by atoms with Crippen molar-refractivity contribution in [3.8, 4) is 17.3 Å². The quantitative estimate of drug-likeness (QED) is 0.734. The normalized spacial score (nSPS) is 9.81. The highest BCUT2D eigenvalue weighted by atomic mass is 19.1. The Hall–Kier alpha value is -2.28. The topological polar surface area (TPSA) is 36.7 Å². The second kappa shape index (κ2) is 4.07. The molecule has 0 spiro atoms. The van der Waals surface area contributed by atoms with Crippen LogP contribution in [0.4, 0.5) is 8.78 Å². The summed E-state index contributed by atoms with van der Waals surface area (Å²) in [5, 5.41) is 8.65. The van der Waals surface area contributed by atoms with Crippen molar-refractivity contribution in [3.63, 3.8) is 0 Å². The first kappa shape index (κ1) is 10.2. The molecular weight excluding hydrogens is 210 g/mol. The Labute approximate surface area is 90.8 Å². The Morgan fingerprint density at radius 3 is 2.62 bits per heavy atom. The third-order valence-corrected chi connectivity index (χ3v) is 2.13. The number of halogens is 2. The lowest BCUT2D eigenvalue weighted by molar-refractivity contribution is 0.610. The fraction of sp³-hybridized carbons (Fsp3) is 0.